The van der Waals surface area contributed by atoms with E-state index in [1.54, 1.807) is 12.2 Å². The van der Waals surface area contributed by atoms with Gasteiger partial charge in [-0.1, -0.05) is 22.9 Å². The normalized spacial score (nSPS) is 17.3. The zero-order valence-electron chi connectivity index (χ0n) is 16.1. The molecule has 150 valence electrons. The second-order valence-corrected chi connectivity index (χ2v) is 9.22. The van der Waals surface area contributed by atoms with E-state index in [4.69, 9.17) is 9.47 Å². The molecule has 0 bridgehead atoms. The Labute approximate surface area is 181 Å². The molecule has 1 amide bonds. The molecular formula is C22H20BrNO4S. The molecule has 1 N–H and O–H groups in total. The first-order valence-corrected chi connectivity index (χ1v) is 11.0. The Bertz CT molecular complexity index is 1050. The van der Waals surface area contributed by atoms with Gasteiger partial charge in [0.25, 0.3) is 5.91 Å². The lowest BCUT2D eigenvalue weighted by atomic mass is 9.88. The Morgan fingerprint density at radius 3 is 2.97 bits per heavy atom. The highest BCUT2D eigenvalue weighted by atomic mass is 79.9. The number of methoxy groups -OCH3 is 1. The molecule has 0 radical (unpaired) electrons. The van der Waals surface area contributed by atoms with Gasteiger partial charge < -0.3 is 14.8 Å². The van der Waals surface area contributed by atoms with Crippen molar-refractivity contribution in [2.45, 2.75) is 26.2 Å². The summed E-state index contributed by atoms with van der Waals surface area (Å²) in [7, 11) is 1.37. The van der Waals surface area contributed by atoms with Gasteiger partial charge in [0, 0.05) is 20.5 Å². The molecule has 0 saturated heterocycles. The Morgan fingerprint density at radius 2 is 2.17 bits per heavy atom. The van der Waals surface area contributed by atoms with Crippen molar-refractivity contribution >= 4 is 50.2 Å². The fourth-order valence-corrected chi connectivity index (χ4v) is 5.38. The zero-order chi connectivity index (χ0) is 20.5. The first-order valence-electron chi connectivity index (χ1n) is 9.35. The van der Waals surface area contributed by atoms with Crippen molar-refractivity contribution in [1.82, 2.24) is 0 Å². The van der Waals surface area contributed by atoms with Crippen LogP contribution in [0.15, 0.2) is 40.6 Å². The molecule has 1 aliphatic heterocycles. The van der Waals surface area contributed by atoms with Crippen LogP contribution in [0.5, 0.6) is 5.75 Å². The van der Waals surface area contributed by atoms with Gasteiger partial charge in [-0.2, -0.15) is 0 Å². The quantitative estimate of drug-likeness (QED) is 0.610. The van der Waals surface area contributed by atoms with Crippen molar-refractivity contribution in [3.63, 3.8) is 0 Å². The van der Waals surface area contributed by atoms with Crippen LogP contribution in [0.25, 0.3) is 6.08 Å². The molecule has 5 nitrogen and oxygen atoms in total. The largest absolute Gasteiger partial charge is 0.465 e. The number of benzene rings is 1. The summed E-state index contributed by atoms with van der Waals surface area (Å²) >= 11 is 4.91. The molecule has 2 heterocycles. The monoisotopic (exact) mass is 473 g/mol. The lowest BCUT2D eigenvalue weighted by Crippen LogP contribution is -2.16. The Kier molecular flexibility index (Phi) is 5.61. The number of hydrogen-bond acceptors (Lipinski definition) is 5. The summed E-state index contributed by atoms with van der Waals surface area (Å²) in [6.45, 7) is 2.20. The smallest absolute Gasteiger partial charge is 0.341 e. The van der Waals surface area contributed by atoms with Crippen molar-refractivity contribution in [2.24, 2.45) is 5.92 Å². The average molecular weight is 474 g/mol. The molecule has 7 heteroatoms. The Hall–Kier alpha value is -2.38. The maximum Gasteiger partial charge on any atom is 0.341 e. The van der Waals surface area contributed by atoms with E-state index >= 15 is 0 Å². The summed E-state index contributed by atoms with van der Waals surface area (Å²) < 4.78 is 11.5. The molecule has 29 heavy (non-hydrogen) atoms. The second kappa shape index (κ2) is 8.16. The van der Waals surface area contributed by atoms with Gasteiger partial charge in [-0.3, -0.25) is 4.79 Å². The summed E-state index contributed by atoms with van der Waals surface area (Å²) in [6, 6.07) is 5.61. The number of halogens is 1. The highest BCUT2D eigenvalue weighted by Gasteiger charge is 2.29. The molecule has 2 aromatic rings. The van der Waals surface area contributed by atoms with Crippen LogP contribution >= 0.6 is 27.3 Å². The summed E-state index contributed by atoms with van der Waals surface area (Å²) in [6.07, 6.45) is 7.65. The van der Waals surface area contributed by atoms with E-state index in [0.717, 1.165) is 39.7 Å². The van der Waals surface area contributed by atoms with Gasteiger partial charge >= 0.3 is 5.97 Å². The molecule has 0 saturated carbocycles. The van der Waals surface area contributed by atoms with E-state index < -0.39 is 5.97 Å². The van der Waals surface area contributed by atoms with Crippen LogP contribution in [0.1, 0.15) is 39.7 Å². The van der Waals surface area contributed by atoms with Crippen molar-refractivity contribution in [2.75, 3.05) is 12.4 Å². The number of anilines is 1. The van der Waals surface area contributed by atoms with Gasteiger partial charge in [0.2, 0.25) is 0 Å². The van der Waals surface area contributed by atoms with Gasteiger partial charge in [0.1, 0.15) is 10.8 Å². The van der Waals surface area contributed by atoms with Crippen molar-refractivity contribution in [3.8, 4) is 5.75 Å². The third-order valence-corrected chi connectivity index (χ3v) is 6.78. The summed E-state index contributed by atoms with van der Waals surface area (Å²) in [5.74, 6) is 0.530. The molecule has 0 spiro atoms. The topological polar surface area (TPSA) is 64.6 Å². The maximum atomic E-state index is 13.0. The zero-order valence-corrected chi connectivity index (χ0v) is 18.5. The van der Waals surface area contributed by atoms with Gasteiger partial charge in [-0.25, -0.2) is 4.79 Å². The number of fused-ring (bicyclic) bond motifs is 2. The summed E-state index contributed by atoms with van der Waals surface area (Å²) in [4.78, 5) is 26.6. The number of hydrogen-bond donors (Lipinski definition) is 1. The number of rotatable bonds is 3. The van der Waals surface area contributed by atoms with Crippen molar-refractivity contribution < 1.29 is 19.1 Å². The number of esters is 1. The third kappa shape index (κ3) is 4.02. The standard InChI is InChI=1S/C22H20BrNO4S/c1-12-3-5-16-18(9-12)29-21(19(16)22(26)27-2)24-20(25)13-7-8-28-17-6-4-15(23)11-14(17)10-13/h4,6-8,10-12H,3,5,9H2,1-2H3,(H,24,25). The SMILES string of the molecule is COC(=O)c1c(NC(=O)C2=Cc3cc(Br)ccc3OC=C2)sc2c1CCC(C)C2. The van der Waals surface area contributed by atoms with Gasteiger partial charge in [-0.05, 0) is 61.1 Å². The molecule has 1 aromatic carbocycles. The van der Waals surface area contributed by atoms with Crippen LogP contribution < -0.4 is 10.1 Å². The molecular weight excluding hydrogens is 454 g/mol. The predicted octanol–water partition coefficient (Wildman–Crippen LogP) is 5.35. The van der Waals surface area contributed by atoms with Crippen LogP contribution in [-0.2, 0) is 22.4 Å². The molecule has 1 atom stereocenters. The lowest BCUT2D eigenvalue weighted by molar-refractivity contribution is -0.112. The lowest BCUT2D eigenvalue weighted by Gasteiger charge is -2.18. The van der Waals surface area contributed by atoms with E-state index in [2.05, 4.69) is 28.2 Å². The molecule has 2 aliphatic rings. The molecule has 1 unspecified atom stereocenters. The number of thiophene rings is 1. The van der Waals surface area contributed by atoms with Gasteiger partial charge in [0.05, 0.1) is 18.9 Å². The van der Waals surface area contributed by atoms with Gasteiger partial charge in [0.15, 0.2) is 0 Å². The fourth-order valence-electron chi connectivity index (χ4n) is 3.61. The third-order valence-electron chi connectivity index (χ3n) is 5.12. The van der Waals surface area contributed by atoms with Crippen LogP contribution in [0, 0.1) is 5.92 Å². The highest BCUT2D eigenvalue weighted by molar-refractivity contribution is 9.10. The van der Waals surface area contributed by atoms with Crippen LogP contribution in [0.2, 0.25) is 0 Å². The average Bonchev–Trinajstić information content (AvgIpc) is 2.90. The molecule has 4 rings (SSSR count). The summed E-state index contributed by atoms with van der Waals surface area (Å²) in [5.41, 5.74) is 2.74. The molecule has 1 aromatic heterocycles. The van der Waals surface area contributed by atoms with E-state index in [9.17, 15) is 9.59 Å². The van der Waals surface area contributed by atoms with Crippen LogP contribution in [-0.4, -0.2) is 19.0 Å². The number of carbonyl (C=O) groups excluding carboxylic acids is 2. The van der Waals surface area contributed by atoms with E-state index in [1.807, 2.05) is 18.2 Å². The number of nitrogens with one attached hydrogen (secondary N) is 1. The van der Waals surface area contributed by atoms with Gasteiger partial charge in [-0.15, -0.1) is 11.3 Å². The first-order chi connectivity index (χ1) is 14.0. The van der Waals surface area contributed by atoms with E-state index in [0.29, 0.717) is 27.8 Å². The number of amides is 1. The van der Waals surface area contributed by atoms with Crippen LogP contribution in [0.4, 0.5) is 5.00 Å². The fraction of sp³-hybridized carbons (Fsp3) is 0.273. The Morgan fingerprint density at radius 1 is 1.34 bits per heavy atom. The van der Waals surface area contributed by atoms with Crippen molar-refractivity contribution in [3.05, 3.63) is 62.2 Å². The number of carbonyl (C=O) groups is 2. The van der Waals surface area contributed by atoms with E-state index in [-0.39, 0.29) is 5.91 Å². The predicted molar refractivity (Wildman–Crippen MR) is 117 cm³/mol. The minimum atomic E-state index is -0.407. The number of ether oxygens (including phenoxy) is 2. The highest BCUT2D eigenvalue weighted by Crippen LogP contribution is 2.40. The first kappa shape index (κ1) is 19.9. The maximum absolute atomic E-state index is 13.0. The van der Waals surface area contributed by atoms with E-state index in [1.165, 1.54) is 24.7 Å². The minimum Gasteiger partial charge on any atom is -0.465 e. The van der Waals surface area contributed by atoms with Crippen molar-refractivity contribution in [1.29, 1.82) is 0 Å². The Balaban J connectivity index is 1.67. The second-order valence-electron chi connectivity index (χ2n) is 7.20. The molecule has 1 aliphatic carbocycles. The van der Waals surface area contributed by atoms with Crippen LogP contribution in [0.3, 0.4) is 0 Å². The molecule has 0 fully saturated rings. The minimum absolute atomic E-state index is 0.297. The summed E-state index contributed by atoms with van der Waals surface area (Å²) in [5, 5.41) is 3.48.